The van der Waals surface area contributed by atoms with Gasteiger partial charge in [0.1, 0.15) is 5.76 Å². The fourth-order valence-electron chi connectivity index (χ4n) is 1.65. The van der Waals surface area contributed by atoms with Crippen molar-refractivity contribution in [2.24, 2.45) is 5.92 Å². The van der Waals surface area contributed by atoms with Crippen LogP contribution < -0.4 is 4.72 Å². The van der Waals surface area contributed by atoms with Crippen molar-refractivity contribution in [3.63, 3.8) is 0 Å². The summed E-state index contributed by atoms with van der Waals surface area (Å²) in [5, 5.41) is 3.86. The van der Waals surface area contributed by atoms with Gasteiger partial charge in [0.15, 0.2) is 0 Å². The normalized spacial score (nSPS) is 16.6. The lowest BCUT2D eigenvalue weighted by molar-refractivity contribution is 0.377. The molecule has 0 unspecified atom stereocenters. The second-order valence-corrected chi connectivity index (χ2v) is 6.84. The van der Waals surface area contributed by atoms with E-state index in [0.29, 0.717) is 11.6 Å². The molecule has 1 aliphatic rings. The molecule has 0 spiro atoms. The van der Waals surface area contributed by atoms with E-state index in [1.165, 1.54) is 0 Å². The molecule has 1 aromatic rings. The largest absolute Gasteiger partial charge is 0.361 e. The van der Waals surface area contributed by atoms with Crippen molar-refractivity contribution in [3.05, 3.63) is 17.5 Å². The highest BCUT2D eigenvalue weighted by Gasteiger charge is 2.27. The second kappa shape index (κ2) is 4.78. The van der Waals surface area contributed by atoms with Crippen LogP contribution in [0.4, 0.5) is 0 Å². The van der Waals surface area contributed by atoms with Gasteiger partial charge in [-0.05, 0) is 18.8 Å². The van der Waals surface area contributed by atoms with Gasteiger partial charge in [-0.2, -0.15) is 0 Å². The maximum absolute atomic E-state index is 11.6. The summed E-state index contributed by atoms with van der Waals surface area (Å²) in [5.74, 6) is 1.64. The third kappa shape index (κ3) is 3.81. The molecule has 1 heterocycles. The predicted molar refractivity (Wildman–Crippen MR) is 63.9 cm³/mol. The minimum Gasteiger partial charge on any atom is -0.361 e. The Morgan fingerprint density at radius 3 is 2.82 bits per heavy atom. The van der Waals surface area contributed by atoms with E-state index in [9.17, 15) is 8.42 Å². The molecule has 6 heteroatoms. The van der Waals surface area contributed by atoms with E-state index >= 15 is 0 Å². The molecule has 0 aromatic carbocycles. The van der Waals surface area contributed by atoms with E-state index in [0.717, 1.165) is 18.6 Å². The molecule has 0 amide bonds. The highest BCUT2D eigenvalue weighted by Crippen LogP contribution is 2.40. The average Bonchev–Trinajstić information content (AvgIpc) is 2.94. The number of sulfonamides is 1. The standard InChI is InChI=1S/C11H18N2O3S/c1-8(2)7-17(14,15)12-6-10-5-11(16-13-10)9-3-4-9/h5,8-9,12H,3-4,6-7H2,1-2H3. The fourth-order valence-corrected chi connectivity index (χ4v) is 3.02. The molecule has 2 rings (SSSR count). The van der Waals surface area contributed by atoms with Crippen LogP contribution in [0.5, 0.6) is 0 Å². The van der Waals surface area contributed by atoms with Crippen molar-refractivity contribution < 1.29 is 12.9 Å². The Balaban J connectivity index is 1.88. The predicted octanol–water partition coefficient (Wildman–Crippen LogP) is 1.63. The Morgan fingerprint density at radius 2 is 2.24 bits per heavy atom. The first-order chi connectivity index (χ1) is 7.96. The van der Waals surface area contributed by atoms with E-state index in [-0.39, 0.29) is 18.2 Å². The SMILES string of the molecule is CC(C)CS(=O)(=O)NCc1cc(C2CC2)on1. The van der Waals surface area contributed by atoms with Crippen molar-refractivity contribution >= 4 is 10.0 Å². The molecule has 17 heavy (non-hydrogen) atoms. The second-order valence-electron chi connectivity index (χ2n) is 4.99. The van der Waals surface area contributed by atoms with Crippen LogP contribution in [0.3, 0.4) is 0 Å². The van der Waals surface area contributed by atoms with Crippen LogP contribution in [0.2, 0.25) is 0 Å². The van der Waals surface area contributed by atoms with Crippen molar-refractivity contribution in [2.75, 3.05) is 5.75 Å². The topological polar surface area (TPSA) is 72.2 Å². The number of nitrogens with one attached hydrogen (secondary N) is 1. The summed E-state index contributed by atoms with van der Waals surface area (Å²) in [6, 6.07) is 1.84. The van der Waals surface area contributed by atoms with Gasteiger partial charge in [-0.25, -0.2) is 13.1 Å². The molecular formula is C11H18N2O3S. The molecule has 96 valence electrons. The van der Waals surface area contributed by atoms with Gasteiger partial charge in [0.25, 0.3) is 0 Å². The van der Waals surface area contributed by atoms with E-state index in [2.05, 4.69) is 9.88 Å². The molecule has 1 aromatic heterocycles. The first-order valence-electron chi connectivity index (χ1n) is 5.89. The van der Waals surface area contributed by atoms with E-state index in [1.807, 2.05) is 19.9 Å². The van der Waals surface area contributed by atoms with Crippen molar-refractivity contribution in [3.8, 4) is 0 Å². The summed E-state index contributed by atoms with van der Waals surface area (Å²) in [5.41, 5.74) is 0.652. The lowest BCUT2D eigenvalue weighted by atomic mass is 10.3. The van der Waals surface area contributed by atoms with E-state index in [4.69, 9.17) is 4.52 Å². The monoisotopic (exact) mass is 258 g/mol. The molecule has 1 fully saturated rings. The molecule has 0 atom stereocenters. The number of aromatic nitrogens is 1. The molecule has 0 aliphatic heterocycles. The zero-order valence-electron chi connectivity index (χ0n) is 10.1. The molecule has 1 N–H and O–H groups in total. The first-order valence-corrected chi connectivity index (χ1v) is 7.54. The summed E-state index contributed by atoms with van der Waals surface area (Å²) < 4.78 is 30.9. The molecule has 1 saturated carbocycles. The summed E-state index contributed by atoms with van der Waals surface area (Å²) in [6.07, 6.45) is 2.29. The average molecular weight is 258 g/mol. The van der Waals surface area contributed by atoms with Crippen LogP contribution in [0.1, 0.15) is 44.1 Å². The summed E-state index contributed by atoms with van der Waals surface area (Å²) >= 11 is 0. The summed E-state index contributed by atoms with van der Waals surface area (Å²) in [4.78, 5) is 0. The van der Waals surface area contributed by atoms with Gasteiger partial charge in [-0.3, -0.25) is 0 Å². The van der Waals surface area contributed by atoms with E-state index < -0.39 is 10.0 Å². The maximum atomic E-state index is 11.6. The lowest BCUT2D eigenvalue weighted by Crippen LogP contribution is -2.28. The van der Waals surface area contributed by atoms with Gasteiger partial charge in [0.2, 0.25) is 10.0 Å². The van der Waals surface area contributed by atoms with Crippen LogP contribution in [0.25, 0.3) is 0 Å². The van der Waals surface area contributed by atoms with Crippen molar-refractivity contribution in [1.82, 2.24) is 9.88 Å². The fraction of sp³-hybridized carbons (Fsp3) is 0.727. The Kier molecular flexibility index (Phi) is 3.53. The van der Waals surface area contributed by atoms with Gasteiger partial charge >= 0.3 is 0 Å². The minimum absolute atomic E-state index is 0.117. The summed E-state index contributed by atoms with van der Waals surface area (Å²) in [6.45, 7) is 3.96. The van der Waals surface area contributed by atoms with Gasteiger partial charge in [-0.15, -0.1) is 0 Å². The van der Waals surface area contributed by atoms with Crippen LogP contribution in [0.15, 0.2) is 10.6 Å². The van der Waals surface area contributed by atoms with Crippen LogP contribution >= 0.6 is 0 Å². The third-order valence-corrected chi connectivity index (χ3v) is 4.27. The quantitative estimate of drug-likeness (QED) is 0.841. The Hall–Kier alpha value is -0.880. The number of hydrogen-bond donors (Lipinski definition) is 1. The van der Waals surface area contributed by atoms with Gasteiger partial charge in [0, 0.05) is 12.0 Å². The highest BCUT2D eigenvalue weighted by molar-refractivity contribution is 7.89. The molecule has 5 nitrogen and oxygen atoms in total. The Bertz CT molecular complexity index is 475. The van der Waals surface area contributed by atoms with Crippen LogP contribution in [0, 0.1) is 5.92 Å². The molecular weight excluding hydrogens is 240 g/mol. The van der Waals surface area contributed by atoms with Crippen LogP contribution in [-0.4, -0.2) is 19.3 Å². The Labute approximate surface area is 102 Å². The molecule has 0 bridgehead atoms. The molecule has 0 radical (unpaired) electrons. The smallest absolute Gasteiger partial charge is 0.212 e. The maximum Gasteiger partial charge on any atom is 0.212 e. The van der Waals surface area contributed by atoms with Crippen molar-refractivity contribution in [1.29, 1.82) is 0 Å². The zero-order valence-corrected chi connectivity index (χ0v) is 11.0. The molecule has 1 aliphatic carbocycles. The van der Waals surface area contributed by atoms with E-state index in [1.54, 1.807) is 0 Å². The minimum atomic E-state index is -3.21. The number of hydrogen-bond acceptors (Lipinski definition) is 4. The number of rotatable bonds is 6. The van der Waals surface area contributed by atoms with Crippen molar-refractivity contribution in [2.45, 2.75) is 39.2 Å². The highest BCUT2D eigenvalue weighted by atomic mass is 32.2. The Morgan fingerprint density at radius 1 is 1.53 bits per heavy atom. The van der Waals surface area contributed by atoms with Gasteiger partial charge < -0.3 is 4.52 Å². The first kappa shape index (κ1) is 12.6. The third-order valence-electron chi connectivity index (χ3n) is 2.58. The zero-order chi connectivity index (χ0) is 12.5. The number of nitrogens with zero attached hydrogens (tertiary/aromatic N) is 1. The lowest BCUT2D eigenvalue weighted by Gasteiger charge is -2.06. The van der Waals surface area contributed by atoms with Gasteiger partial charge in [0.05, 0.1) is 18.0 Å². The molecule has 0 saturated heterocycles. The summed E-state index contributed by atoms with van der Waals surface area (Å²) in [7, 11) is -3.21. The van der Waals surface area contributed by atoms with Crippen LogP contribution in [-0.2, 0) is 16.6 Å². The van der Waals surface area contributed by atoms with Gasteiger partial charge in [-0.1, -0.05) is 19.0 Å².